The van der Waals surface area contributed by atoms with Crippen molar-refractivity contribution in [2.45, 2.75) is 13.3 Å². The summed E-state index contributed by atoms with van der Waals surface area (Å²) in [5.41, 5.74) is 3.66. The van der Waals surface area contributed by atoms with Gasteiger partial charge < -0.3 is 9.30 Å². The number of hydrogen-bond acceptors (Lipinski definition) is 2. The van der Waals surface area contributed by atoms with Gasteiger partial charge in [0.25, 0.3) is 0 Å². The summed E-state index contributed by atoms with van der Waals surface area (Å²) in [6.07, 6.45) is 0.451. The van der Waals surface area contributed by atoms with Crippen molar-refractivity contribution in [3.8, 4) is 11.4 Å². The van der Waals surface area contributed by atoms with Crippen LogP contribution >= 0.6 is 0 Å². The van der Waals surface area contributed by atoms with Gasteiger partial charge in [-0.25, -0.2) is 0 Å². The molecule has 0 unspecified atom stereocenters. The second-order valence-electron chi connectivity index (χ2n) is 6.28. The molecule has 0 aliphatic carbocycles. The van der Waals surface area contributed by atoms with Gasteiger partial charge in [-0.1, -0.05) is 54.9 Å². The number of hydrogen-bond donors (Lipinski definition) is 0. The third kappa shape index (κ3) is 2.78. The molecule has 0 saturated carbocycles. The lowest BCUT2D eigenvalue weighted by molar-refractivity contribution is -0.120. The number of benzene rings is 3. The van der Waals surface area contributed by atoms with E-state index in [-0.39, 0.29) is 12.4 Å². The molecule has 3 nitrogen and oxygen atoms in total. The zero-order valence-electron chi connectivity index (χ0n) is 14.6. The predicted octanol–water partition coefficient (Wildman–Crippen LogP) is 3.94. The van der Waals surface area contributed by atoms with Crippen molar-refractivity contribution in [2.24, 2.45) is 0 Å². The number of ether oxygens (including phenoxy) is 1. The van der Waals surface area contributed by atoms with Crippen molar-refractivity contribution in [1.29, 1.82) is 0 Å². The van der Waals surface area contributed by atoms with E-state index in [4.69, 9.17) is 12.6 Å². The van der Waals surface area contributed by atoms with Crippen molar-refractivity contribution >= 4 is 40.9 Å². The van der Waals surface area contributed by atoms with Crippen LogP contribution in [0.5, 0.6) is 5.75 Å². The molecule has 0 bridgehead atoms. The summed E-state index contributed by atoms with van der Waals surface area (Å²) in [6.45, 7) is 1.88. The first-order valence-electron chi connectivity index (χ1n) is 8.71. The maximum atomic E-state index is 11.7. The molecule has 4 rings (SSSR count). The Morgan fingerprint density at radius 1 is 0.962 bits per heavy atom. The molecule has 0 aliphatic heterocycles. The zero-order valence-corrected chi connectivity index (χ0v) is 14.6. The van der Waals surface area contributed by atoms with Crippen molar-refractivity contribution in [3.63, 3.8) is 0 Å². The first-order valence-corrected chi connectivity index (χ1v) is 8.71. The third-order valence-corrected chi connectivity index (χ3v) is 4.59. The standard InChI is InChI=1S/C22H18BNO2/c1-2-16(25)14-26-22-13-15(23)11-12-21(22)24-19-9-5-3-7-17(19)18-8-4-6-10-20(18)24/h3-13H,2,14H2,1H3. The van der Waals surface area contributed by atoms with E-state index < -0.39 is 0 Å². The van der Waals surface area contributed by atoms with Gasteiger partial charge in [0.1, 0.15) is 20.2 Å². The number of carbonyl (C=O) groups is 1. The van der Waals surface area contributed by atoms with Crippen LogP contribution in [0.15, 0.2) is 66.7 Å². The number of rotatable bonds is 5. The molecule has 1 aromatic heterocycles. The van der Waals surface area contributed by atoms with Crippen molar-refractivity contribution < 1.29 is 9.53 Å². The Bertz CT molecular complexity index is 1060. The molecule has 3 aromatic carbocycles. The van der Waals surface area contributed by atoms with Crippen molar-refractivity contribution in [1.82, 2.24) is 4.57 Å². The fraction of sp³-hybridized carbons (Fsp3) is 0.136. The number of aromatic nitrogens is 1. The van der Waals surface area contributed by atoms with E-state index in [2.05, 4.69) is 28.8 Å². The van der Waals surface area contributed by atoms with Gasteiger partial charge in [0.15, 0.2) is 5.78 Å². The first kappa shape index (κ1) is 16.5. The molecular formula is C22H18BNO2. The van der Waals surface area contributed by atoms with Crippen LogP contribution in [0.25, 0.3) is 27.5 Å². The molecule has 4 aromatic rings. The molecule has 26 heavy (non-hydrogen) atoms. The highest BCUT2D eigenvalue weighted by Crippen LogP contribution is 2.34. The van der Waals surface area contributed by atoms with Crippen LogP contribution < -0.4 is 10.2 Å². The summed E-state index contributed by atoms with van der Waals surface area (Å²) in [7, 11) is 5.97. The monoisotopic (exact) mass is 339 g/mol. The van der Waals surface area contributed by atoms with Crippen molar-refractivity contribution in [2.75, 3.05) is 6.61 Å². The molecule has 0 spiro atoms. The van der Waals surface area contributed by atoms with Crippen LogP contribution in [0.1, 0.15) is 13.3 Å². The summed E-state index contributed by atoms with van der Waals surface area (Å²) in [6, 6.07) is 22.1. The molecule has 0 saturated heterocycles. The summed E-state index contributed by atoms with van der Waals surface area (Å²) < 4.78 is 8.00. The average molecular weight is 339 g/mol. The molecule has 4 heteroatoms. The van der Waals surface area contributed by atoms with Gasteiger partial charge in [-0.05, 0) is 24.3 Å². The topological polar surface area (TPSA) is 31.2 Å². The number of nitrogens with zero attached hydrogens (tertiary/aromatic N) is 1. The van der Waals surface area contributed by atoms with E-state index in [1.807, 2.05) is 43.3 Å². The van der Waals surface area contributed by atoms with Crippen LogP contribution in [-0.4, -0.2) is 24.8 Å². The number of Topliss-reactive ketones (excluding diaryl/α,β-unsaturated/α-hetero) is 1. The lowest BCUT2D eigenvalue weighted by Gasteiger charge is -2.15. The first-order chi connectivity index (χ1) is 12.7. The minimum Gasteiger partial charge on any atom is -0.484 e. The SMILES string of the molecule is [B]c1ccc(-n2c3ccccc3c3ccccc32)c(OCC(=O)CC)c1. The highest BCUT2D eigenvalue weighted by Gasteiger charge is 2.15. The second-order valence-corrected chi connectivity index (χ2v) is 6.28. The summed E-state index contributed by atoms with van der Waals surface area (Å²) in [5.74, 6) is 0.666. The fourth-order valence-corrected chi connectivity index (χ4v) is 3.27. The fourth-order valence-electron chi connectivity index (χ4n) is 3.27. The van der Waals surface area contributed by atoms with Gasteiger partial charge in [-0.15, -0.1) is 0 Å². The summed E-state index contributed by atoms with van der Waals surface area (Å²) >= 11 is 0. The molecule has 0 N–H and O–H groups in total. The van der Waals surface area contributed by atoms with E-state index in [9.17, 15) is 4.79 Å². The Balaban J connectivity index is 1.96. The smallest absolute Gasteiger partial charge is 0.169 e. The number of ketones is 1. The van der Waals surface area contributed by atoms with Gasteiger partial charge in [0.05, 0.1) is 16.7 Å². The Morgan fingerprint density at radius 3 is 2.19 bits per heavy atom. The minimum atomic E-state index is 0.0457. The summed E-state index contributed by atoms with van der Waals surface area (Å²) in [4.78, 5) is 11.7. The van der Waals surface area contributed by atoms with Gasteiger partial charge in [-0.3, -0.25) is 4.79 Å². The lowest BCUT2D eigenvalue weighted by atomic mass is 9.95. The Hall–Kier alpha value is -3.01. The summed E-state index contributed by atoms with van der Waals surface area (Å²) in [5, 5.41) is 2.35. The van der Waals surface area contributed by atoms with E-state index >= 15 is 0 Å². The Labute approximate surface area is 153 Å². The van der Waals surface area contributed by atoms with Crippen LogP contribution in [0.3, 0.4) is 0 Å². The van der Waals surface area contributed by atoms with Gasteiger partial charge in [0, 0.05) is 17.2 Å². The highest BCUT2D eigenvalue weighted by atomic mass is 16.5. The minimum absolute atomic E-state index is 0.0457. The van der Waals surface area contributed by atoms with Crippen LogP contribution in [-0.2, 0) is 4.79 Å². The molecule has 0 fully saturated rings. The van der Waals surface area contributed by atoms with E-state index in [1.165, 1.54) is 10.8 Å². The van der Waals surface area contributed by atoms with Crippen molar-refractivity contribution in [3.05, 3.63) is 66.7 Å². The van der Waals surface area contributed by atoms with Crippen LogP contribution in [0, 0.1) is 0 Å². The molecule has 0 amide bonds. The van der Waals surface area contributed by atoms with Gasteiger partial charge in [0.2, 0.25) is 0 Å². The Kier molecular flexibility index (Phi) is 4.25. The molecule has 1 heterocycles. The van der Waals surface area contributed by atoms with E-state index in [1.54, 1.807) is 6.07 Å². The molecule has 2 radical (unpaired) electrons. The highest BCUT2D eigenvalue weighted by molar-refractivity contribution is 6.32. The van der Waals surface area contributed by atoms with E-state index in [0.29, 0.717) is 17.6 Å². The zero-order chi connectivity index (χ0) is 18.1. The van der Waals surface area contributed by atoms with Gasteiger partial charge >= 0.3 is 0 Å². The number of carbonyl (C=O) groups excluding carboxylic acids is 1. The Morgan fingerprint density at radius 2 is 1.58 bits per heavy atom. The number of fused-ring (bicyclic) bond motifs is 3. The second kappa shape index (κ2) is 6.72. The molecule has 0 aliphatic rings. The largest absolute Gasteiger partial charge is 0.484 e. The third-order valence-electron chi connectivity index (χ3n) is 4.59. The molecule has 0 atom stereocenters. The normalized spacial score (nSPS) is 11.1. The lowest BCUT2D eigenvalue weighted by Crippen LogP contribution is -2.13. The van der Waals surface area contributed by atoms with Crippen LogP contribution in [0.2, 0.25) is 0 Å². The maximum absolute atomic E-state index is 11.7. The van der Waals surface area contributed by atoms with Crippen LogP contribution in [0.4, 0.5) is 0 Å². The molecule has 126 valence electrons. The average Bonchev–Trinajstić information content (AvgIpc) is 3.01. The quantitative estimate of drug-likeness (QED) is 0.516. The van der Waals surface area contributed by atoms with E-state index in [0.717, 1.165) is 16.7 Å². The maximum Gasteiger partial charge on any atom is 0.169 e. The molecular weight excluding hydrogens is 321 g/mol. The predicted molar refractivity (Wildman–Crippen MR) is 107 cm³/mol. The number of para-hydroxylation sites is 2. The van der Waals surface area contributed by atoms with Gasteiger partial charge in [-0.2, -0.15) is 0 Å².